The van der Waals surface area contributed by atoms with Gasteiger partial charge in [0.15, 0.2) is 0 Å². The van der Waals surface area contributed by atoms with Crippen LogP contribution in [0.25, 0.3) is 0 Å². The highest BCUT2D eigenvalue weighted by Gasteiger charge is 2.60. The molecule has 4 rings (SSSR count). The van der Waals surface area contributed by atoms with Crippen molar-refractivity contribution in [2.24, 2.45) is 39.4 Å². The lowest BCUT2D eigenvalue weighted by molar-refractivity contribution is -0.175. The Morgan fingerprint density at radius 1 is 0.750 bits per heavy atom. The van der Waals surface area contributed by atoms with E-state index in [-0.39, 0.29) is 16.9 Å². The van der Waals surface area contributed by atoms with Crippen LogP contribution >= 0.6 is 0 Å². The second-order valence-electron chi connectivity index (χ2n) is 12.4. The highest BCUT2D eigenvalue weighted by atomic mass is 16.3. The Balaban J connectivity index is 1.62. The molecular weight excluding hydrogens is 344 g/mol. The molecular formula is C26H44O2. The van der Waals surface area contributed by atoms with Crippen molar-refractivity contribution in [3.63, 3.8) is 0 Å². The first-order chi connectivity index (χ1) is 13.2. The van der Waals surface area contributed by atoms with Crippen LogP contribution in [0.1, 0.15) is 111 Å². The number of hydrogen-bond donors (Lipinski definition) is 1. The molecule has 4 aliphatic carbocycles. The summed E-state index contributed by atoms with van der Waals surface area (Å²) in [5, 5.41) is 10.8. The van der Waals surface area contributed by atoms with Crippen molar-refractivity contribution < 1.29 is 9.90 Å². The van der Waals surface area contributed by atoms with Crippen molar-refractivity contribution in [1.29, 1.82) is 0 Å². The van der Waals surface area contributed by atoms with Gasteiger partial charge in [0.2, 0.25) is 0 Å². The number of fused-ring (bicyclic) bond motifs is 4. The first-order valence-electron chi connectivity index (χ1n) is 12.3. The SMILES string of the molecule is CC12CCC3CCCC3(C=O)CCCCC1C1(C)CCC(O)C(C)(C)C1CC2. The Bertz CT molecular complexity index is 597. The van der Waals surface area contributed by atoms with Gasteiger partial charge in [0.1, 0.15) is 6.29 Å². The molecule has 0 heterocycles. The minimum atomic E-state index is -0.138. The number of rotatable bonds is 1. The summed E-state index contributed by atoms with van der Waals surface area (Å²) in [5.74, 6) is 2.05. The Morgan fingerprint density at radius 2 is 1.46 bits per heavy atom. The zero-order valence-corrected chi connectivity index (χ0v) is 18.9. The van der Waals surface area contributed by atoms with Crippen molar-refractivity contribution >= 4 is 6.29 Å². The lowest BCUT2D eigenvalue weighted by Crippen LogP contribution is -2.58. The van der Waals surface area contributed by atoms with Gasteiger partial charge < -0.3 is 9.90 Å². The van der Waals surface area contributed by atoms with Gasteiger partial charge in [-0.05, 0) is 98.2 Å². The maximum absolute atomic E-state index is 12.1. The van der Waals surface area contributed by atoms with Gasteiger partial charge >= 0.3 is 0 Å². The summed E-state index contributed by atoms with van der Waals surface area (Å²) in [6, 6.07) is 0. The fourth-order valence-corrected chi connectivity index (χ4v) is 9.07. The Kier molecular flexibility index (Phi) is 5.30. The summed E-state index contributed by atoms with van der Waals surface area (Å²) in [6.45, 7) is 9.85. The summed E-state index contributed by atoms with van der Waals surface area (Å²) >= 11 is 0. The number of aldehydes is 1. The molecule has 2 heteroatoms. The van der Waals surface area contributed by atoms with Crippen LogP contribution in [0.2, 0.25) is 0 Å². The fraction of sp³-hybridized carbons (Fsp3) is 0.962. The van der Waals surface area contributed by atoms with E-state index in [1.807, 2.05) is 0 Å². The zero-order chi connectivity index (χ0) is 20.2. The molecule has 0 amide bonds. The average Bonchev–Trinajstić information content (AvgIpc) is 3.06. The molecule has 4 aliphatic rings. The van der Waals surface area contributed by atoms with Crippen LogP contribution in [0.3, 0.4) is 0 Å². The maximum Gasteiger partial charge on any atom is 0.126 e. The van der Waals surface area contributed by atoms with Crippen LogP contribution in [0.5, 0.6) is 0 Å². The van der Waals surface area contributed by atoms with E-state index in [4.69, 9.17) is 0 Å². The van der Waals surface area contributed by atoms with Crippen LogP contribution in [0.15, 0.2) is 0 Å². The van der Waals surface area contributed by atoms with Crippen molar-refractivity contribution in [2.45, 2.75) is 117 Å². The molecule has 0 aliphatic heterocycles. The summed E-state index contributed by atoms with van der Waals surface area (Å²) in [4.78, 5) is 12.1. The molecule has 4 saturated carbocycles. The van der Waals surface area contributed by atoms with E-state index in [9.17, 15) is 9.90 Å². The van der Waals surface area contributed by atoms with E-state index in [0.717, 1.165) is 25.2 Å². The molecule has 0 saturated heterocycles. The molecule has 0 aromatic heterocycles. The zero-order valence-electron chi connectivity index (χ0n) is 18.9. The van der Waals surface area contributed by atoms with Gasteiger partial charge in [-0.3, -0.25) is 0 Å². The standard InChI is InChI=1S/C26H44O2/c1-23(2)20-11-16-24(3)15-10-19-8-7-14-26(19,18-27)13-6-5-9-21(24)25(20,4)17-12-22(23)28/h18-22,28H,5-17H2,1-4H3. The molecule has 0 aromatic rings. The number of aliphatic hydroxyl groups excluding tert-OH is 1. The van der Waals surface area contributed by atoms with Gasteiger partial charge in [-0.15, -0.1) is 0 Å². The van der Waals surface area contributed by atoms with Gasteiger partial charge in [0.25, 0.3) is 0 Å². The van der Waals surface area contributed by atoms with Gasteiger partial charge in [-0.2, -0.15) is 0 Å². The van der Waals surface area contributed by atoms with E-state index < -0.39 is 0 Å². The Hall–Kier alpha value is -0.370. The largest absolute Gasteiger partial charge is 0.393 e. The van der Waals surface area contributed by atoms with Crippen molar-refractivity contribution in [3.8, 4) is 0 Å². The second kappa shape index (κ2) is 7.10. The number of carbonyl (C=O) groups excluding carboxylic acids is 1. The quantitative estimate of drug-likeness (QED) is 0.517. The Labute approximate surface area is 173 Å². The summed E-state index contributed by atoms with van der Waals surface area (Å²) in [7, 11) is 0. The van der Waals surface area contributed by atoms with E-state index >= 15 is 0 Å². The third kappa shape index (κ3) is 3.03. The van der Waals surface area contributed by atoms with Crippen molar-refractivity contribution in [2.75, 3.05) is 0 Å². The normalized spacial score (nSPS) is 51.5. The Morgan fingerprint density at radius 3 is 2.21 bits per heavy atom. The number of hydrogen-bond acceptors (Lipinski definition) is 2. The highest BCUT2D eigenvalue weighted by Crippen LogP contribution is 2.67. The molecule has 2 nitrogen and oxygen atoms in total. The predicted molar refractivity (Wildman–Crippen MR) is 115 cm³/mol. The maximum atomic E-state index is 12.1. The summed E-state index contributed by atoms with van der Waals surface area (Å²) < 4.78 is 0. The van der Waals surface area contributed by atoms with Crippen LogP contribution in [-0.4, -0.2) is 17.5 Å². The van der Waals surface area contributed by atoms with Gasteiger partial charge in [0.05, 0.1) is 6.10 Å². The lowest BCUT2D eigenvalue weighted by Gasteiger charge is -2.64. The van der Waals surface area contributed by atoms with Gasteiger partial charge in [-0.1, -0.05) is 47.0 Å². The minimum absolute atomic E-state index is 0.0151. The van der Waals surface area contributed by atoms with E-state index in [0.29, 0.717) is 22.7 Å². The number of aliphatic hydroxyl groups is 1. The van der Waals surface area contributed by atoms with Crippen molar-refractivity contribution in [1.82, 2.24) is 0 Å². The topological polar surface area (TPSA) is 37.3 Å². The minimum Gasteiger partial charge on any atom is -0.393 e. The molecule has 4 fully saturated rings. The third-order valence-corrected chi connectivity index (χ3v) is 10.8. The van der Waals surface area contributed by atoms with Gasteiger partial charge in [-0.25, -0.2) is 0 Å². The molecule has 28 heavy (non-hydrogen) atoms. The molecule has 7 atom stereocenters. The lowest BCUT2D eigenvalue weighted by atomic mass is 9.41. The molecule has 0 aromatic carbocycles. The van der Waals surface area contributed by atoms with E-state index in [2.05, 4.69) is 27.7 Å². The van der Waals surface area contributed by atoms with Gasteiger partial charge in [0, 0.05) is 5.41 Å². The molecule has 0 bridgehead atoms. The molecule has 7 unspecified atom stereocenters. The van der Waals surface area contributed by atoms with Crippen LogP contribution in [-0.2, 0) is 4.79 Å². The molecule has 0 radical (unpaired) electrons. The first-order valence-corrected chi connectivity index (χ1v) is 12.3. The van der Waals surface area contributed by atoms with Crippen LogP contribution in [0.4, 0.5) is 0 Å². The average molecular weight is 389 g/mol. The highest BCUT2D eigenvalue weighted by molar-refractivity contribution is 5.60. The predicted octanol–water partition coefficient (Wildman–Crippen LogP) is 6.55. The monoisotopic (exact) mass is 388 g/mol. The fourth-order valence-electron chi connectivity index (χ4n) is 9.07. The summed E-state index contributed by atoms with van der Waals surface area (Å²) in [5.41, 5.74) is 0.841. The number of carbonyl (C=O) groups is 1. The van der Waals surface area contributed by atoms with Crippen LogP contribution in [0, 0.1) is 39.4 Å². The van der Waals surface area contributed by atoms with Crippen molar-refractivity contribution in [3.05, 3.63) is 0 Å². The molecule has 0 spiro atoms. The third-order valence-electron chi connectivity index (χ3n) is 10.8. The molecule has 1 N–H and O–H groups in total. The van der Waals surface area contributed by atoms with Crippen LogP contribution < -0.4 is 0 Å². The van der Waals surface area contributed by atoms with E-state index in [1.54, 1.807) is 0 Å². The summed E-state index contributed by atoms with van der Waals surface area (Å²) in [6.07, 6.45) is 17.2. The smallest absolute Gasteiger partial charge is 0.126 e. The van der Waals surface area contributed by atoms with E-state index in [1.165, 1.54) is 70.5 Å². The first kappa shape index (κ1) is 20.9. The molecule has 160 valence electrons. The second-order valence-corrected chi connectivity index (χ2v) is 12.4.